The largest absolute Gasteiger partial charge is 0.392 e. The third kappa shape index (κ3) is 4.07. The molecule has 0 saturated carbocycles. The maximum absolute atomic E-state index is 12.0. The molecule has 2 N–H and O–H groups in total. The highest BCUT2D eigenvalue weighted by Gasteiger charge is 2.21. The number of nitrogens with zero attached hydrogens (tertiary/aromatic N) is 1. The number of rotatable bonds is 5. The summed E-state index contributed by atoms with van der Waals surface area (Å²) in [6.45, 7) is -0.0141. The van der Waals surface area contributed by atoms with Gasteiger partial charge in [0.05, 0.1) is 17.3 Å². The van der Waals surface area contributed by atoms with Gasteiger partial charge in [0, 0.05) is 22.7 Å². The van der Waals surface area contributed by atoms with Crippen LogP contribution in [-0.4, -0.2) is 31.3 Å². The standard InChI is InChI=1S/C10H12Cl2N2O2S2/c1-14(5-10(13)17)18(15,16)6-7-8(11)3-2-4-9(7)12/h2-4H,5-6H2,1H3,(H2,13,17). The second-order valence-electron chi connectivity index (χ2n) is 3.68. The van der Waals surface area contributed by atoms with Crippen molar-refractivity contribution in [3.05, 3.63) is 33.8 Å². The Kier molecular flexibility index (Phi) is 5.36. The van der Waals surface area contributed by atoms with E-state index in [1.165, 1.54) is 7.05 Å². The van der Waals surface area contributed by atoms with Crippen LogP contribution in [0.15, 0.2) is 18.2 Å². The monoisotopic (exact) mass is 326 g/mol. The van der Waals surface area contributed by atoms with Gasteiger partial charge in [-0.15, -0.1) is 0 Å². The Balaban J connectivity index is 2.99. The van der Waals surface area contributed by atoms with Crippen molar-refractivity contribution >= 4 is 50.4 Å². The van der Waals surface area contributed by atoms with Crippen LogP contribution in [0.4, 0.5) is 0 Å². The van der Waals surface area contributed by atoms with E-state index in [4.69, 9.17) is 28.9 Å². The normalized spacial score (nSPS) is 11.8. The number of hydrogen-bond donors (Lipinski definition) is 1. The van der Waals surface area contributed by atoms with Gasteiger partial charge in [-0.05, 0) is 12.1 Å². The molecule has 18 heavy (non-hydrogen) atoms. The van der Waals surface area contributed by atoms with Crippen LogP contribution in [0, 0.1) is 0 Å². The van der Waals surface area contributed by atoms with Gasteiger partial charge in [0.1, 0.15) is 0 Å². The van der Waals surface area contributed by atoms with E-state index < -0.39 is 10.0 Å². The van der Waals surface area contributed by atoms with E-state index >= 15 is 0 Å². The number of nitrogens with two attached hydrogens (primary N) is 1. The van der Waals surface area contributed by atoms with E-state index in [9.17, 15) is 8.42 Å². The van der Waals surface area contributed by atoms with Crippen LogP contribution >= 0.6 is 35.4 Å². The summed E-state index contributed by atoms with van der Waals surface area (Å²) in [5, 5.41) is 0.629. The first kappa shape index (κ1) is 15.7. The first-order valence-corrected chi connectivity index (χ1v) is 7.66. The molecule has 0 radical (unpaired) electrons. The van der Waals surface area contributed by atoms with E-state index in [-0.39, 0.29) is 17.3 Å². The third-order valence-electron chi connectivity index (χ3n) is 2.24. The summed E-state index contributed by atoms with van der Waals surface area (Å²) in [6, 6.07) is 4.83. The first-order valence-electron chi connectivity index (χ1n) is 4.89. The Morgan fingerprint density at radius 1 is 1.39 bits per heavy atom. The molecule has 0 aromatic heterocycles. The molecule has 0 bridgehead atoms. The van der Waals surface area contributed by atoms with Crippen molar-refractivity contribution in [3.63, 3.8) is 0 Å². The van der Waals surface area contributed by atoms with Gasteiger partial charge in [-0.25, -0.2) is 8.42 Å². The fourth-order valence-electron chi connectivity index (χ4n) is 1.28. The molecule has 0 saturated heterocycles. The molecule has 0 fully saturated rings. The fourth-order valence-corrected chi connectivity index (χ4v) is 3.48. The predicted octanol–water partition coefficient (Wildman–Crippen LogP) is 2.04. The van der Waals surface area contributed by atoms with Gasteiger partial charge < -0.3 is 5.73 Å². The molecule has 0 amide bonds. The van der Waals surface area contributed by atoms with Crippen LogP contribution in [0.5, 0.6) is 0 Å². The molecule has 0 unspecified atom stereocenters. The highest BCUT2D eigenvalue weighted by Crippen LogP contribution is 2.26. The molecule has 4 nitrogen and oxygen atoms in total. The van der Waals surface area contributed by atoms with Crippen LogP contribution < -0.4 is 5.73 Å². The maximum Gasteiger partial charge on any atom is 0.218 e. The van der Waals surface area contributed by atoms with Gasteiger partial charge in [0.15, 0.2) is 0 Å². The van der Waals surface area contributed by atoms with Crippen molar-refractivity contribution in [2.24, 2.45) is 5.73 Å². The smallest absolute Gasteiger partial charge is 0.218 e. The van der Waals surface area contributed by atoms with Gasteiger partial charge in [-0.1, -0.05) is 41.5 Å². The van der Waals surface area contributed by atoms with E-state index in [1.54, 1.807) is 18.2 Å². The quantitative estimate of drug-likeness (QED) is 0.841. The summed E-state index contributed by atoms with van der Waals surface area (Å²) in [5.41, 5.74) is 5.69. The lowest BCUT2D eigenvalue weighted by Gasteiger charge is -2.17. The lowest BCUT2D eigenvalue weighted by molar-refractivity contribution is 0.505. The van der Waals surface area contributed by atoms with Crippen LogP contribution in [0.3, 0.4) is 0 Å². The summed E-state index contributed by atoms with van der Waals surface area (Å²) in [7, 11) is -2.15. The Hall–Kier alpha value is -0.400. The molecule has 0 aliphatic carbocycles. The summed E-state index contributed by atoms with van der Waals surface area (Å²) in [5.74, 6) is -0.287. The van der Waals surface area contributed by atoms with E-state index in [1.807, 2.05) is 0 Å². The average Bonchev–Trinajstić information content (AvgIpc) is 2.22. The minimum absolute atomic E-state index is 0.0141. The van der Waals surface area contributed by atoms with Crippen molar-refractivity contribution in [2.45, 2.75) is 5.75 Å². The van der Waals surface area contributed by atoms with Crippen molar-refractivity contribution in [1.82, 2.24) is 4.31 Å². The van der Waals surface area contributed by atoms with E-state index in [0.29, 0.717) is 15.6 Å². The van der Waals surface area contributed by atoms with Gasteiger partial charge in [-0.2, -0.15) is 4.31 Å². The van der Waals surface area contributed by atoms with Crippen molar-refractivity contribution in [3.8, 4) is 0 Å². The fraction of sp³-hybridized carbons (Fsp3) is 0.300. The summed E-state index contributed by atoms with van der Waals surface area (Å²) >= 11 is 16.5. The Morgan fingerprint density at radius 2 is 1.89 bits per heavy atom. The SMILES string of the molecule is CN(CC(N)=S)S(=O)(=O)Cc1c(Cl)cccc1Cl. The van der Waals surface area contributed by atoms with Gasteiger partial charge >= 0.3 is 0 Å². The zero-order valence-electron chi connectivity index (χ0n) is 9.56. The average molecular weight is 327 g/mol. The molecule has 100 valence electrons. The number of sulfonamides is 1. The lowest BCUT2D eigenvalue weighted by Crippen LogP contribution is -2.35. The van der Waals surface area contributed by atoms with Crippen LogP contribution in [0.2, 0.25) is 10.0 Å². The zero-order chi connectivity index (χ0) is 13.9. The Morgan fingerprint density at radius 3 is 2.33 bits per heavy atom. The van der Waals surface area contributed by atoms with E-state index in [0.717, 1.165) is 4.31 Å². The van der Waals surface area contributed by atoms with Crippen LogP contribution in [0.1, 0.15) is 5.56 Å². The van der Waals surface area contributed by atoms with Crippen molar-refractivity contribution in [1.29, 1.82) is 0 Å². The molecule has 0 atom stereocenters. The molecule has 0 heterocycles. The highest BCUT2D eigenvalue weighted by atomic mass is 35.5. The number of benzene rings is 1. The minimum atomic E-state index is -3.56. The molecule has 0 aliphatic rings. The molecule has 1 aromatic carbocycles. The molecular formula is C10H12Cl2N2O2S2. The van der Waals surface area contributed by atoms with Crippen LogP contribution in [0.25, 0.3) is 0 Å². The predicted molar refractivity (Wildman–Crippen MR) is 78.5 cm³/mol. The second-order valence-corrected chi connectivity index (χ2v) is 7.09. The first-order chi connectivity index (χ1) is 8.24. The van der Waals surface area contributed by atoms with Crippen molar-refractivity contribution < 1.29 is 8.42 Å². The van der Waals surface area contributed by atoms with Crippen LogP contribution in [-0.2, 0) is 15.8 Å². The minimum Gasteiger partial charge on any atom is -0.392 e. The number of halogens is 2. The zero-order valence-corrected chi connectivity index (χ0v) is 12.7. The van der Waals surface area contributed by atoms with E-state index in [2.05, 4.69) is 12.2 Å². The maximum atomic E-state index is 12.0. The molecule has 1 aromatic rings. The number of hydrogen-bond acceptors (Lipinski definition) is 3. The van der Waals surface area contributed by atoms with Crippen molar-refractivity contribution in [2.75, 3.05) is 13.6 Å². The summed E-state index contributed by atoms with van der Waals surface area (Å²) < 4.78 is 25.1. The molecular weight excluding hydrogens is 315 g/mol. The highest BCUT2D eigenvalue weighted by molar-refractivity contribution is 7.88. The Labute approximate surface area is 122 Å². The lowest BCUT2D eigenvalue weighted by atomic mass is 10.2. The molecule has 0 aliphatic heterocycles. The van der Waals surface area contributed by atoms with Gasteiger partial charge in [0.2, 0.25) is 10.0 Å². The number of thiocarbonyl (C=S) groups is 1. The summed E-state index contributed by atoms with van der Waals surface area (Å²) in [6.07, 6.45) is 0. The number of likely N-dealkylation sites (N-methyl/N-ethyl adjacent to an activating group) is 1. The van der Waals surface area contributed by atoms with Gasteiger partial charge in [0.25, 0.3) is 0 Å². The molecule has 0 spiro atoms. The van der Waals surface area contributed by atoms with Gasteiger partial charge in [-0.3, -0.25) is 0 Å². The summed E-state index contributed by atoms with van der Waals surface area (Å²) in [4.78, 5) is 0.103. The third-order valence-corrected chi connectivity index (χ3v) is 4.81. The Bertz CT molecular complexity index is 541. The molecule has 8 heteroatoms. The second kappa shape index (κ2) is 6.16. The topological polar surface area (TPSA) is 63.4 Å². The molecule has 1 rings (SSSR count).